The van der Waals surface area contributed by atoms with E-state index < -0.39 is 9.47 Å². The van der Waals surface area contributed by atoms with E-state index in [0.717, 1.165) is 28.7 Å². The number of hydrogen-bond donors (Lipinski definition) is 3. The summed E-state index contributed by atoms with van der Waals surface area (Å²) in [5.41, 5.74) is 0.213. The minimum Gasteiger partial charge on any atom is -0.381 e. The van der Waals surface area contributed by atoms with Crippen molar-refractivity contribution in [3.8, 4) is 6.07 Å². The van der Waals surface area contributed by atoms with Gasteiger partial charge >= 0.3 is 3.93 Å². The van der Waals surface area contributed by atoms with Gasteiger partial charge in [0.05, 0.1) is 33.9 Å². The molecule has 0 radical (unpaired) electrons. The molecule has 7 nitrogen and oxygen atoms in total. The Hall–Kier alpha value is -2.49. The Labute approximate surface area is 220 Å². The summed E-state index contributed by atoms with van der Waals surface area (Å²) in [7, 11) is 0. The molecule has 184 valence electrons. The van der Waals surface area contributed by atoms with Crippen LogP contribution in [0.25, 0.3) is 0 Å². The molecule has 0 saturated carbocycles. The molecule has 0 aromatic heterocycles. The molecule has 11 heteroatoms. The van der Waals surface area contributed by atoms with Crippen molar-refractivity contribution in [2.75, 3.05) is 18.5 Å². The number of hydrogen-bond acceptors (Lipinski definition) is 5. The maximum Gasteiger partial charge on any atom is 0.321 e. The molecule has 35 heavy (non-hydrogen) atoms. The van der Waals surface area contributed by atoms with Crippen LogP contribution in [0.1, 0.15) is 42.9 Å². The average Bonchev–Trinajstić information content (AvgIpc) is 2.80. The molecule has 0 unspecified atom stereocenters. The van der Waals surface area contributed by atoms with Crippen molar-refractivity contribution in [2.45, 2.75) is 41.7 Å². The Morgan fingerprint density at radius 1 is 1.31 bits per heavy atom. The first-order valence-corrected chi connectivity index (χ1v) is 12.4. The minimum absolute atomic E-state index is 0.0205. The van der Waals surface area contributed by atoms with Crippen LogP contribution in [0.5, 0.6) is 0 Å². The van der Waals surface area contributed by atoms with Crippen LogP contribution in [-0.4, -0.2) is 36.0 Å². The lowest BCUT2D eigenvalue weighted by Crippen LogP contribution is -2.62. The number of guanidine groups is 1. The summed E-state index contributed by atoms with van der Waals surface area (Å²) in [6.07, 6.45) is 1.45. The van der Waals surface area contributed by atoms with E-state index in [4.69, 9.17) is 21.7 Å². The number of carbonyl (C=O) groups is 1. The molecule has 3 N–H and O–H groups in total. The predicted octanol–water partition coefficient (Wildman–Crippen LogP) is 5.59. The van der Waals surface area contributed by atoms with Crippen LogP contribution < -0.4 is 10.6 Å². The summed E-state index contributed by atoms with van der Waals surface area (Å²) in [4.78, 5) is 14.6. The molecule has 2 aromatic rings. The van der Waals surface area contributed by atoms with Crippen molar-refractivity contribution in [1.82, 2.24) is 10.2 Å². The molecule has 2 fully saturated rings. The molecule has 1 amide bonds. The van der Waals surface area contributed by atoms with Crippen LogP contribution in [-0.2, 0) is 19.0 Å². The van der Waals surface area contributed by atoms with Crippen molar-refractivity contribution < 1.29 is 18.3 Å². The summed E-state index contributed by atoms with van der Waals surface area (Å²) in [5, 5.41) is 24.6. The zero-order valence-corrected chi connectivity index (χ0v) is 21.7. The monoisotopic (exact) mass is 613 g/mol. The number of nitrogens with one attached hydrogen (secondary N) is 3. The minimum atomic E-state index is -3.10. The Bertz CT molecular complexity index is 1190. The number of carbonyl (C=O) groups excluding carboxylic acids is 1. The topological polar surface area (TPSA) is 101 Å². The molecular weight excluding hydrogens is 591 g/mol. The molecule has 2 saturated heterocycles. The highest BCUT2D eigenvalue weighted by Crippen LogP contribution is 2.41. The van der Waals surface area contributed by atoms with Crippen molar-refractivity contribution >= 4 is 57.4 Å². The van der Waals surface area contributed by atoms with Crippen LogP contribution in [0.4, 0.5) is 20.2 Å². The largest absolute Gasteiger partial charge is 0.381 e. The molecule has 4 rings (SSSR count). The smallest absolute Gasteiger partial charge is 0.321 e. The lowest BCUT2D eigenvalue weighted by atomic mass is 9.85. The van der Waals surface area contributed by atoms with Crippen LogP contribution in [0.3, 0.4) is 0 Å². The molecule has 2 aromatic carbocycles. The number of anilines is 2. The van der Waals surface area contributed by atoms with E-state index in [2.05, 4.69) is 10.6 Å². The van der Waals surface area contributed by atoms with Gasteiger partial charge in [-0.2, -0.15) is 14.0 Å². The lowest BCUT2D eigenvalue weighted by molar-refractivity contribution is -0.133. The van der Waals surface area contributed by atoms with Gasteiger partial charge in [0.1, 0.15) is 6.07 Å². The van der Waals surface area contributed by atoms with Gasteiger partial charge in [-0.1, -0.05) is 29.8 Å². The highest BCUT2D eigenvalue weighted by molar-refractivity contribution is 14.1. The molecular formula is C24H23ClF2IN5O2. The van der Waals surface area contributed by atoms with E-state index in [-0.39, 0.29) is 35.5 Å². The lowest BCUT2D eigenvalue weighted by Gasteiger charge is -2.45. The number of nitriles is 1. The van der Waals surface area contributed by atoms with Gasteiger partial charge in [0.15, 0.2) is 5.96 Å². The number of nitrogens with zero attached hydrogens (tertiary/aromatic N) is 2. The molecule has 2 aliphatic rings. The third-order valence-electron chi connectivity index (χ3n) is 6.29. The Morgan fingerprint density at radius 3 is 2.66 bits per heavy atom. The standard InChI is InChI=1S/C24H23ClF2IN5O2/c1-23(12-20(34)33(22(30)32-23)16-7-9-35-10-8-16)17-3-2-4-19(21(17)25)31-18-6-5-15(24(26,27)28)11-14(18)13-29/h2-6,11,16,31H,7-10,12H2,1H3,(H2,30,32)/t23-/m0/s1. The molecule has 0 spiro atoms. The van der Waals surface area contributed by atoms with Crippen LogP contribution in [0, 0.1) is 16.7 Å². The van der Waals surface area contributed by atoms with Gasteiger partial charge in [-0.3, -0.25) is 15.1 Å². The first kappa shape index (κ1) is 25.6. The van der Waals surface area contributed by atoms with Gasteiger partial charge in [0.2, 0.25) is 5.91 Å². The summed E-state index contributed by atoms with van der Waals surface area (Å²) in [6, 6.07) is 10.9. The van der Waals surface area contributed by atoms with Gasteiger partial charge < -0.3 is 15.4 Å². The SMILES string of the molecule is C[C@@]1(c2cccc(Nc3ccc(C(F)(F)I)cc3C#N)c2Cl)CC(=O)N(C2CCOCC2)C(=N)N1. The highest BCUT2D eigenvalue weighted by Gasteiger charge is 2.43. The van der Waals surface area contributed by atoms with E-state index >= 15 is 0 Å². The van der Waals surface area contributed by atoms with Gasteiger partial charge in [-0.25, -0.2) is 0 Å². The fourth-order valence-corrected chi connectivity index (χ4v) is 5.21. The van der Waals surface area contributed by atoms with Gasteiger partial charge in [-0.15, -0.1) is 0 Å². The maximum absolute atomic E-state index is 13.7. The van der Waals surface area contributed by atoms with Gasteiger partial charge in [0.25, 0.3) is 0 Å². The number of benzene rings is 2. The molecule has 0 bridgehead atoms. The molecule has 0 aliphatic carbocycles. The highest BCUT2D eigenvalue weighted by atomic mass is 127. The fourth-order valence-electron chi connectivity index (χ4n) is 4.49. The number of rotatable bonds is 5. The van der Waals surface area contributed by atoms with E-state index in [1.165, 1.54) is 17.0 Å². The first-order chi connectivity index (χ1) is 16.5. The molecule has 2 aliphatic heterocycles. The third-order valence-corrected chi connectivity index (χ3v) is 7.32. The quantitative estimate of drug-likeness (QED) is 0.302. The van der Waals surface area contributed by atoms with Gasteiger partial charge in [-0.05, 0) is 43.5 Å². The van der Waals surface area contributed by atoms with Crippen LogP contribution in [0.2, 0.25) is 5.02 Å². The summed E-state index contributed by atoms with van der Waals surface area (Å²) >= 11 is 7.76. The predicted molar refractivity (Wildman–Crippen MR) is 137 cm³/mol. The van der Waals surface area contributed by atoms with E-state index in [9.17, 15) is 18.8 Å². The zero-order valence-electron chi connectivity index (χ0n) is 18.8. The Morgan fingerprint density at radius 2 is 2.03 bits per heavy atom. The second-order valence-electron chi connectivity index (χ2n) is 8.75. The van der Waals surface area contributed by atoms with E-state index in [1.807, 2.05) is 13.0 Å². The van der Waals surface area contributed by atoms with Crippen LogP contribution in [0.15, 0.2) is 36.4 Å². The third kappa shape index (κ3) is 5.22. The maximum atomic E-state index is 13.7. The van der Waals surface area contributed by atoms with E-state index in [0.29, 0.717) is 48.0 Å². The Balaban J connectivity index is 1.61. The molecule has 2 heterocycles. The number of alkyl halides is 3. The van der Waals surface area contributed by atoms with Crippen LogP contribution >= 0.6 is 34.2 Å². The second-order valence-corrected chi connectivity index (χ2v) is 10.5. The summed E-state index contributed by atoms with van der Waals surface area (Å²) in [5.74, 6) is -0.146. The van der Waals surface area contributed by atoms with Crippen molar-refractivity contribution in [1.29, 1.82) is 10.7 Å². The zero-order chi connectivity index (χ0) is 25.4. The number of ether oxygens (including phenoxy) is 1. The first-order valence-electron chi connectivity index (χ1n) is 11.0. The van der Waals surface area contributed by atoms with E-state index in [1.54, 1.807) is 18.2 Å². The van der Waals surface area contributed by atoms with Crippen molar-refractivity contribution in [2.24, 2.45) is 0 Å². The number of halogens is 4. The van der Waals surface area contributed by atoms with Gasteiger partial charge in [0, 0.05) is 47.4 Å². The Kier molecular flexibility index (Phi) is 7.22. The molecule has 1 atom stereocenters. The fraction of sp³-hybridized carbons (Fsp3) is 0.375. The summed E-state index contributed by atoms with van der Waals surface area (Å²) in [6.45, 7) is 2.92. The van der Waals surface area contributed by atoms with Crippen molar-refractivity contribution in [3.63, 3.8) is 0 Å². The average molecular weight is 614 g/mol. The summed E-state index contributed by atoms with van der Waals surface area (Å²) < 4.78 is 29.6. The second kappa shape index (κ2) is 9.87. The number of amides is 1. The normalized spacial score (nSPS) is 21.4. The van der Waals surface area contributed by atoms with Crippen molar-refractivity contribution in [3.05, 3.63) is 58.1 Å².